The number of nitrogen functional groups attached to an aromatic ring is 1. The second-order valence-corrected chi connectivity index (χ2v) is 3.90. The van der Waals surface area contributed by atoms with Crippen molar-refractivity contribution in [1.82, 2.24) is 10.2 Å². The van der Waals surface area contributed by atoms with Crippen molar-refractivity contribution < 1.29 is 5.11 Å². The number of anilines is 1. The molecule has 0 saturated carbocycles. The van der Waals surface area contributed by atoms with Gasteiger partial charge in [-0.2, -0.15) is 0 Å². The summed E-state index contributed by atoms with van der Waals surface area (Å²) in [5, 5.41) is 18.3. The predicted octanol–water partition coefficient (Wildman–Crippen LogP) is 1.80. The molecule has 0 aliphatic carbocycles. The Labute approximate surface area is 85.0 Å². The third kappa shape index (κ3) is 1.42. The topological polar surface area (TPSA) is 72.0 Å². The number of phenols is 1. The van der Waals surface area contributed by atoms with Crippen LogP contribution in [0.25, 0.3) is 10.6 Å². The van der Waals surface area contributed by atoms with Gasteiger partial charge in [-0.1, -0.05) is 23.5 Å². The number of hydrogen-bond donors (Lipinski definition) is 2. The van der Waals surface area contributed by atoms with Gasteiger partial charge in [0.05, 0.1) is 0 Å². The molecule has 4 nitrogen and oxygen atoms in total. The maximum absolute atomic E-state index is 9.49. The molecular formula is C9H9N3OS. The Morgan fingerprint density at radius 2 is 2.14 bits per heavy atom. The Bertz CT molecular complexity index is 467. The number of aromatic hydroxyl groups is 1. The van der Waals surface area contributed by atoms with Crippen LogP contribution in [0.1, 0.15) is 5.56 Å². The van der Waals surface area contributed by atoms with Gasteiger partial charge in [0, 0.05) is 11.1 Å². The lowest BCUT2D eigenvalue weighted by atomic mass is 10.1. The van der Waals surface area contributed by atoms with E-state index >= 15 is 0 Å². The lowest BCUT2D eigenvalue weighted by molar-refractivity contribution is 0.471. The Morgan fingerprint density at radius 3 is 2.79 bits per heavy atom. The Balaban J connectivity index is 2.57. The van der Waals surface area contributed by atoms with E-state index in [0.717, 1.165) is 16.1 Å². The fourth-order valence-corrected chi connectivity index (χ4v) is 1.89. The van der Waals surface area contributed by atoms with Gasteiger partial charge in [0.2, 0.25) is 5.13 Å². The number of hydrogen-bond acceptors (Lipinski definition) is 5. The van der Waals surface area contributed by atoms with Crippen LogP contribution in [0.4, 0.5) is 5.13 Å². The van der Waals surface area contributed by atoms with Crippen LogP contribution in [0, 0.1) is 6.92 Å². The highest BCUT2D eigenvalue weighted by Gasteiger charge is 2.09. The lowest BCUT2D eigenvalue weighted by Gasteiger charge is -2.02. The molecule has 2 aromatic rings. The molecule has 0 bridgehead atoms. The number of benzene rings is 1. The van der Waals surface area contributed by atoms with Gasteiger partial charge in [0.15, 0.2) is 0 Å². The zero-order valence-corrected chi connectivity index (χ0v) is 8.38. The maximum Gasteiger partial charge on any atom is 0.203 e. The van der Waals surface area contributed by atoms with Crippen LogP contribution in [-0.2, 0) is 0 Å². The van der Waals surface area contributed by atoms with E-state index in [1.54, 1.807) is 12.1 Å². The quantitative estimate of drug-likeness (QED) is 0.748. The standard InChI is InChI=1S/C9H9N3OS/c1-5-6(3-2-4-7(5)13)8-11-12-9(10)14-8/h2-4,13H,1H3,(H2,10,12). The van der Waals surface area contributed by atoms with Gasteiger partial charge in [-0.15, -0.1) is 10.2 Å². The molecule has 0 spiro atoms. The lowest BCUT2D eigenvalue weighted by Crippen LogP contribution is -1.83. The largest absolute Gasteiger partial charge is 0.508 e. The molecule has 0 radical (unpaired) electrons. The number of rotatable bonds is 1. The van der Waals surface area contributed by atoms with Crippen LogP contribution >= 0.6 is 11.3 Å². The van der Waals surface area contributed by atoms with Crippen LogP contribution in [0.2, 0.25) is 0 Å². The molecule has 1 aromatic heterocycles. The average molecular weight is 207 g/mol. The summed E-state index contributed by atoms with van der Waals surface area (Å²) >= 11 is 1.31. The number of nitrogens with two attached hydrogens (primary N) is 1. The Hall–Kier alpha value is -1.62. The minimum Gasteiger partial charge on any atom is -0.508 e. The van der Waals surface area contributed by atoms with Crippen molar-refractivity contribution in [2.24, 2.45) is 0 Å². The zero-order chi connectivity index (χ0) is 10.1. The van der Waals surface area contributed by atoms with E-state index in [4.69, 9.17) is 5.73 Å². The van der Waals surface area contributed by atoms with Gasteiger partial charge in [-0.25, -0.2) is 0 Å². The van der Waals surface area contributed by atoms with Crippen molar-refractivity contribution >= 4 is 16.5 Å². The summed E-state index contributed by atoms with van der Waals surface area (Å²) in [6, 6.07) is 5.30. The average Bonchev–Trinajstić information content (AvgIpc) is 2.57. The number of phenolic OH excluding ortho intramolecular Hbond substituents is 1. The van der Waals surface area contributed by atoms with E-state index in [2.05, 4.69) is 10.2 Å². The Kier molecular flexibility index (Phi) is 2.09. The van der Waals surface area contributed by atoms with E-state index in [0.29, 0.717) is 5.13 Å². The van der Waals surface area contributed by atoms with Crippen molar-refractivity contribution in [2.75, 3.05) is 5.73 Å². The second kappa shape index (κ2) is 3.26. The van der Waals surface area contributed by atoms with E-state index in [-0.39, 0.29) is 5.75 Å². The molecule has 1 aromatic carbocycles. The molecule has 2 rings (SSSR count). The van der Waals surface area contributed by atoms with Gasteiger partial charge in [-0.05, 0) is 13.0 Å². The first-order valence-corrected chi connectivity index (χ1v) is 4.88. The van der Waals surface area contributed by atoms with Crippen LogP contribution in [0.15, 0.2) is 18.2 Å². The van der Waals surface area contributed by atoms with E-state index in [1.165, 1.54) is 11.3 Å². The predicted molar refractivity (Wildman–Crippen MR) is 56.2 cm³/mol. The fourth-order valence-electron chi connectivity index (χ4n) is 1.20. The molecule has 0 atom stereocenters. The molecule has 0 aliphatic rings. The minimum absolute atomic E-state index is 0.260. The summed E-state index contributed by atoms with van der Waals surface area (Å²) in [4.78, 5) is 0. The van der Waals surface area contributed by atoms with Crippen LogP contribution in [-0.4, -0.2) is 15.3 Å². The smallest absolute Gasteiger partial charge is 0.203 e. The molecule has 0 aliphatic heterocycles. The molecule has 14 heavy (non-hydrogen) atoms. The number of nitrogens with zero attached hydrogens (tertiary/aromatic N) is 2. The fraction of sp³-hybridized carbons (Fsp3) is 0.111. The highest BCUT2D eigenvalue weighted by molar-refractivity contribution is 7.18. The van der Waals surface area contributed by atoms with Gasteiger partial charge >= 0.3 is 0 Å². The third-order valence-electron chi connectivity index (χ3n) is 1.98. The Morgan fingerprint density at radius 1 is 1.36 bits per heavy atom. The first kappa shape index (κ1) is 8.96. The second-order valence-electron chi connectivity index (χ2n) is 2.90. The third-order valence-corrected chi connectivity index (χ3v) is 2.76. The van der Waals surface area contributed by atoms with Gasteiger partial charge in [-0.3, -0.25) is 0 Å². The minimum atomic E-state index is 0.260. The van der Waals surface area contributed by atoms with Crippen LogP contribution in [0.5, 0.6) is 5.75 Å². The van der Waals surface area contributed by atoms with Crippen molar-refractivity contribution in [3.05, 3.63) is 23.8 Å². The first-order chi connectivity index (χ1) is 6.68. The van der Waals surface area contributed by atoms with Crippen molar-refractivity contribution in [3.63, 3.8) is 0 Å². The summed E-state index contributed by atoms with van der Waals surface area (Å²) < 4.78 is 0. The first-order valence-electron chi connectivity index (χ1n) is 4.06. The molecule has 5 heteroatoms. The molecular weight excluding hydrogens is 198 g/mol. The van der Waals surface area contributed by atoms with Gasteiger partial charge in [0.25, 0.3) is 0 Å². The van der Waals surface area contributed by atoms with Crippen molar-refractivity contribution in [1.29, 1.82) is 0 Å². The van der Waals surface area contributed by atoms with Crippen molar-refractivity contribution in [3.8, 4) is 16.3 Å². The SMILES string of the molecule is Cc1c(O)cccc1-c1nnc(N)s1. The highest BCUT2D eigenvalue weighted by atomic mass is 32.1. The normalized spacial score (nSPS) is 10.4. The van der Waals surface area contributed by atoms with Crippen molar-refractivity contribution in [2.45, 2.75) is 6.92 Å². The maximum atomic E-state index is 9.49. The van der Waals surface area contributed by atoms with E-state index in [1.807, 2.05) is 13.0 Å². The molecule has 1 heterocycles. The van der Waals surface area contributed by atoms with Gasteiger partial charge < -0.3 is 10.8 Å². The molecule has 0 unspecified atom stereocenters. The summed E-state index contributed by atoms with van der Waals surface area (Å²) in [6.07, 6.45) is 0. The molecule has 0 amide bonds. The van der Waals surface area contributed by atoms with E-state index in [9.17, 15) is 5.11 Å². The zero-order valence-electron chi connectivity index (χ0n) is 7.56. The molecule has 72 valence electrons. The van der Waals surface area contributed by atoms with Gasteiger partial charge in [0.1, 0.15) is 10.8 Å². The number of aromatic nitrogens is 2. The van der Waals surface area contributed by atoms with E-state index < -0.39 is 0 Å². The highest BCUT2D eigenvalue weighted by Crippen LogP contribution is 2.31. The molecule has 0 fully saturated rings. The van der Waals surface area contributed by atoms with Crippen LogP contribution in [0.3, 0.4) is 0 Å². The van der Waals surface area contributed by atoms with Crippen LogP contribution < -0.4 is 5.73 Å². The summed E-state index contributed by atoms with van der Waals surface area (Å²) in [6.45, 7) is 1.84. The summed E-state index contributed by atoms with van der Waals surface area (Å²) in [7, 11) is 0. The monoisotopic (exact) mass is 207 g/mol. The molecule has 3 N–H and O–H groups in total. The molecule has 0 saturated heterocycles. The summed E-state index contributed by atoms with van der Waals surface area (Å²) in [5.41, 5.74) is 7.16. The summed E-state index contributed by atoms with van der Waals surface area (Å²) in [5.74, 6) is 0.260.